The van der Waals surface area contributed by atoms with Crippen LogP contribution in [0.1, 0.15) is 31.4 Å². The summed E-state index contributed by atoms with van der Waals surface area (Å²) in [4.78, 5) is 0.261. The van der Waals surface area contributed by atoms with Gasteiger partial charge in [-0.15, -0.1) is 0 Å². The van der Waals surface area contributed by atoms with Crippen molar-refractivity contribution in [2.75, 3.05) is 6.54 Å². The molecule has 0 aromatic carbocycles. The predicted octanol–water partition coefficient (Wildman–Crippen LogP) is 0.524. The smallest absolute Gasteiger partial charge is 0.244 e. The first-order valence-corrected chi connectivity index (χ1v) is 8.15. The zero-order chi connectivity index (χ0) is 14.0. The van der Waals surface area contributed by atoms with Crippen molar-refractivity contribution in [2.45, 2.75) is 43.5 Å². The first kappa shape index (κ1) is 14.5. The average molecular weight is 286 g/mol. The van der Waals surface area contributed by atoms with Crippen LogP contribution in [-0.2, 0) is 17.1 Å². The minimum Gasteiger partial charge on any atom is -0.330 e. The number of aromatic nitrogens is 2. The van der Waals surface area contributed by atoms with Crippen LogP contribution in [0.3, 0.4) is 0 Å². The van der Waals surface area contributed by atoms with Crippen molar-refractivity contribution >= 4 is 10.0 Å². The predicted molar refractivity (Wildman–Crippen MR) is 73.1 cm³/mol. The maximum atomic E-state index is 12.4. The molecular formula is C12H22N4O2S. The van der Waals surface area contributed by atoms with Crippen molar-refractivity contribution in [3.63, 3.8) is 0 Å². The number of sulfonamides is 1. The summed E-state index contributed by atoms with van der Waals surface area (Å²) < 4.78 is 29.2. The van der Waals surface area contributed by atoms with Gasteiger partial charge in [0.05, 0.1) is 11.9 Å². The Hall–Kier alpha value is -0.920. The molecule has 19 heavy (non-hydrogen) atoms. The molecule has 1 fully saturated rings. The van der Waals surface area contributed by atoms with E-state index in [2.05, 4.69) is 9.82 Å². The van der Waals surface area contributed by atoms with Gasteiger partial charge in [0.25, 0.3) is 0 Å². The normalized spacial score (nSPS) is 24.6. The van der Waals surface area contributed by atoms with Gasteiger partial charge in [0.15, 0.2) is 0 Å². The highest BCUT2D eigenvalue weighted by Crippen LogP contribution is 2.25. The van der Waals surface area contributed by atoms with Crippen molar-refractivity contribution in [3.05, 3.63) is 11.9 Å². The first-order chi connectivity index (χ1) is 8.95. The summed E-state index contributed by atoms with van der Waals surface area (Å²) in [7, 11) is -1.77. The van der Waals surface area contributed by atoms with E-state index >= 15 is 0 Å². The monoisotopic (exact) mass is 286 g/mol. The van der Waals surface area contributed by atoms with Crippen molar-refractivity contribution in [1.82, 2.24) is 14.5 Å². The summed E-state index contributed by atoms with van der Waals surface area (Å²) in [5.74, 6) is 0.237. The van der Waals surface area contributed by atoms with E-state index in [1.165, 1.54) is 6.20 Å². The van der Waals surface area contributed by atoms with Crippen molar-refractivity contribution in [3.8, 4) is 0 Å². The number of nitrogens with one attached hydrogen (secondary N) is 1. The van der Waals surface area contributed by atoms with Gasteiger partial charge in [0.1, 0.15) is 4.90 Å². The van der Waals surface area contributed by atoms with Gasteiger partial charge in [-0.1, -0.05) is 12.8 Å². The second kappa shape index (κ2) is 5.60. The molecule has 108 valence electrons. The van der Waals surface area contributed by atoms with E-state index in [1.807, 2.05) is 0 Å². The van der Waals surface area contributed by atoms with Crippen LogP contribution >= 0.6 is 0 Å². The summed E-state index contributed by atoms with van der Waals surface area (Å²) >= 11 is 0. The third-order valence-corrected chi connectivity index (χ3v) is 5.59. The molecule has 1 aromatic rings. The SMILES string of the molecule is Cc1c(S(=O)(=O)NC2CCCCC2CN)cnn1C. The molecule has 1 heterocycles. The van der Waals surface area contributed by atoms with Crippen LogP contribution in [-0.4, -0.2) is 30.8 Å². The largest absolute Gasteiger partial charge is 0.330 e. The maximum Gasteiger partial charge on any atom is 0.244 e. The molecule has 3 N–H and O–H groups in total. The van der Waals surface area contributed by atoms with E-state index < -0.39 is 10.0 Å². The van der Waals surface area contributed by atoms with Gasteiger partial charge in [-0.2, -0.15) is 5.10 Å². The molecule has 0 aliphatic heterocycles. The van der Waals surface area contributed by atoms with Gasteiger partial charge in [-0.05, 0) is 32.2 Å². The zero-order valence-electron chi connectivity index (χ0n) is 11.5. The van der Waals surface area contributed by atoms with Crippen LogP contribution in [0.15, 0.2) is 11.1 Å². The third-order valence-electron chi connectivity index (χ3n) is 4.00. The lowest BCUT2D eigenvalue weighted by atomic mass is 9.85. The van der Waals surface area contributed by atoms with Crippen LogP contribution in [0.25, 0.3) is 0 Å². The molecule has 2 unspecified atom stereocenters. The fraction of sp³-hybridized carbons (Fsp3) is 0.750. The van der Waals surface area contributed by atoms with Gasteiger partial charge >= 0.3 is 0 Å². The first-order valence-electron chi connectivity index (χ1n) is 6.66. The van der Waals surface area contributed by atoms with Crippen LogP contribution in [0, 0.1) is 12.8 Å². The summed E-state index contributed by atoms with van der Waals surface area (Å²) in [6.45, 7) is 2.28. The highest BCUT2D eigenvalue weighted by molar-refractivity contribution is 7.89. The molecule has 0 bridgehead atoms. The third kappa shape index (κ3) is 2.98. The lowest BCUT2D eigenvalue weighted by molar-refractivity contribution is 0.296. The summed E-state index contributed by atoms with van der Waals surface area (Å²) in [6.07, 6.45) is 5.44. The van der Waals surface area contributed by atoms with Gasteiger partial charge in [0.2, 0.25) is 10.0 Å². The Morgan fingerprint density at radius 3 is 2.74 bits per heavy atom. The van der Waals surface area contributed by atoms with E-state index in [-0.39, 0.29) is 16.9 Å². The molecule has 7 heteroatoms. The molecule has 2 rings (SSSR count). The number of nitrogens with two attached hydrogens (primary N) is 1. The number of aryl methyl sites for hydroxylation is 1. The van der Waals surface area contributed by atoms with Crippen LogP contribution < -0.4 is 10.5 Å². The Morgan fingerprint density at radius 1 is 1.47 bits per heavy atom. The minimum absolute atomic E-state index is 0.0524. The topological polar surface area (TPSA) is 90.0 Å². The average Bonchev–Trinajstić information content (AvgIpc) is 2.71. The molecule has 0 spiro atoms. The molecule has 1 aliphatic rings. The molecule has 2 atom stereocenters. The molecule has 1 aliphatic carbocycles. The fourth-order valence-corrected chi connectivity index (χ4v) is 4.19. The zero-order valence-corrected chi connectivity index (χ0v) is 12.3. The lowest BCUT2D eigenvalue weighted by Gasteiger charge is -2.30. The summed E-state index contributed by atoms with van der Waals surface area (Å²) in [6, 6.07) is -0.0524. The second-order valence-electron chi connectivity index (χ2n) is 5.23. The van der Waals surface area contributed by atoms with Gasteiger partial charge in [0, 0.05) is 13.1 Å². The van der Waals surface area contributed by atoms with Crippen molar-refractivity contribution in [1.29, 1.82) is 0 Å². The van der Waals surface area contributed by atoms with E-state index in [1.54, 1.807) is 18.7 Å². The highest BCUT2D eigenvalue weighted by atomic mass is 32.2. The molecular weight excluding hydrogens is 264 g/mol. The van der Waals surface area contributed by atoms with E-state index in [0.717, 1.165) is 25.7 Å². The van der Waals surface area contributed by atoms with Gasteiger partial charge < -0.3 is 5.73 Å². The molecule has 6 nitrogen and oxygen atoms in total. The van der Waals surface area contributed by atoms with Gasteiger partial charge in [-0.3, -0.25) is 4.68 Å². The van der Waals surface area contributed by atoms with Crippen LogP contribution in [0.5, 0.6) is 0 Å². The van der Waals surface area contributed by atoms with Crippen molar-refractivity contribution < 1.29 is 8.42 Å². The Kier molecular flexibility index (Phi) is 4.27. The Morgan fingerprint density at radius 2 is 2.16 bits per heavy atom. The lowest BCUT2D eigenvalue weighted by Crippen LogP contribution is -2.44. The molecule has 0 saturated heterocycles. The Labute approximate surface area is 114 Å². The molecule has 1 saturated carbocycles. The summed E-state index contributed by atoms with van der Waals surface area (Å²) in [5, 5.41) is 3.99. The van der Waals surface area contributed by atoms with E-state index in [0.29, 0.717) is 12.2 Å². The number of nitrogens with zero attached hydrogens (tertiary/aromatic N) is 2. The van der Waals surface area contributed by atoms with Crippen molar-refractivity contribution in [2.24, 2.45) is 18.7 Å². The quantitative estimate of drug-likeness (QED) is 0.844. The van der Waals surface area contributed by atoms with E-state index in [9.17, 15) is 8.42 Å². The second-order valence-corrected chi connectivity index (χ2v) is 6.91. The number of hydrogen-bond acceptors (Lipinski definition) is 4. The highest BCUT2D eigenvalue weighted by Gasteiger charge is 2.30. The standard InChI is InChI=1S/C12H22N4O2S/c1-9-12(8-14-16(9)2)19(17,18)15-11-6-4-3-5-10(11)7-13/h8,10-11,15H,3-7,13H2,1-2H3. The Balaban J connectivity index is 2.19. The van der Waals surface area contributed by atoms with Crippen LogP contribution in [0.2, 0.25) is 0 Å². The number of rotatable bonds is 4. The molecule has 1 aromatic heterocycles. The van der Waals surface area contributed by atoms with E-state index in [4.69, 9.17) is 5.73 Å². The number of hydrogen-bond donors (Lipinski definition) is 2. The minimum atomic E-state index is -3.50. The molecule has 0 radical (unpaired) electrons. The fourth-order valence-electron chi connectivity index (χ4n) is 2.65. The summed E-state index contributed by atoms with van der Waals surface area (Å²) in [5.41, 5.74) is 6.38. The molecule has 0 amide bonds. The maximum absolute atomic E-state index is 12.4. The van der Waals surface area contributed by atoms with Gasteiger partial charge in [-0.25, -0.2) is 13.1 Å². The van der Waals surface area contributed by atoms with Crippen LogP contribution in [0.4, 0.5) is 0 Å². The Bertz CT molecular complexity index is 538.